The molecule has 0 saturated carbocycles. The number of aromatic nitrogens is 3. The Balaban J connectivity index is 1.44. The normalized spacial score (nSPS) is 15.4. The average Bonchev–Trinajstić information content (AvgIpc) is 3.29. The molecule has 1 saturated heterocycles. The Labute approximate surface area is 209 Å². The van der Waals surface area contributed by atoms with Gasteiger partial charge in [0.15, 0.2) is 11.6 Å². The van der Waals surface area contributed by atoms with Crippen LogP contribution in [-0.2, 0) is 11.4 Å². The molecule has 3 heterocycles. The number of hydrogen-bond acceptors (Lipinski definition) is 4. The highest BCUT2D eigenvalue weighted by atomic mass is 19.1. The van der Waals surface area contributed by atoms with Crippen molar-refractivity contribution in [3.8, 4) is 28.8 Å². The number of fused-ring (bicyclic) bond motifs is 1. The molecule has 0 N–H and O–H groups in total. The Morgan fingerprint density at radius 2 is 2.03 bits per heavy atom. The summed E-state index contributed by atoms with van der Waals surface area (Å²) in [5.41, 5.74) is 4.08. The number of nitrogens with zero attached hydrogens (tertiary/aromatic N) is 4. The monoisotopic (exact) mass is 482 g/mol. The van der Waals surface area contributed by atoms with Crippen molar-refractivity contribution in [3.05, 3.63) is 83.8 Å². The van der Waals surface area contributed by atoms with Crippen LogP contribution in [0.5, 0.6) is 5.75 Å². The van der Waals surface area contributed by atoms with Crippen molar-refractivity contribution >= 4 is 11.4 Å². The van der Waals surface area contributed by atoms with Gasteiger partial charge in [0.2, 0.25) is 0 Å². The number of carbonyl (C=O) groups excluding carboxylic acids is 1. The molecule has 0 aliphatic carbocycles. The van der Waals surface area contributed by atoms with Gasteiger partial charge >= 0.3 is 0 Å². The summed E-state index contributed by atoms with van der Waals surface area (Å²) in [5, 5.41) is 0. The van der Waals surface area contributed by atoms with E-state index in [0.29, 0.717) is 12.1 Å². The molecule has 7 heteroatoms. The Hall–Kier alpha value is -4.18. The molecule has 2 aromatic carbocycles. The summed E-state index contributed by atoms with van der Waals surface area (Å²) in [6.07, 6.45) is 8.24. The number of rotatable bonds is 5. The molecule has 1 aliphatic heterocycles. The number of likely N-dealkylation sites (tertiary alicyclic amines) is 1. The lowest BCUT2D eigenvalue weighted by Gasteiger charge is -2.33. The molecule has 4 aromatic rings. The molecule has 1 aliphatic rings. The maximum atomic E-state index is 14.2. The van der Waals surface area contributed by atoms with E-state index in [-0.39, 0.29) is 30.1 Å². The van der Waals surface area contributed by atoms with E-state index in [0.717, 1.165) is 47.4 Å². The second-order valence-corrected chi connectivity index (χ2v) is 8.91. The molecule has 0 unspecified atom stereocenters. The molecule has 1 amide bonds. The first-order valence-electron chi connectivity index (χ1n) is 12.1. The van der Waals surface area contributed by atoms with Crippen molar-refractivity contribution in [1.82, 2.24) is 19.3 Å². The number of carbonyl (C=O) groups is 1. The summed E-state index contributed by atoms with van der Waals surface area (Å²) in [4.78, 5) is 23.9. The summed E-state index contributed by atoms with van der Waals surface area (Å²) in [5.74, 6) is 5.98. The van der Waals surface area contributed by atoms with Gasteiger partial charge in [0.25, 0.3) is 5.91 Å². The first kappa shape index (κ1) is 23.6. The van der Waals surface area contributed by atoms with Crippen LogP contribution in [0.2, 0.25) is 0 Å². The molecular formula is C29H27FN4O2. The van der Waals surface area contributed by atoms with Crippen LogP contribution in [0.1, 0.15) is 49.2 Å². The number of aryl methyl sites for hydroxylation is 1. The van der Waals surface area contributed by atoms with Crippen molar-refractivity contribution in [1.29, 1.82) is 0 Å². The van der Waals surface area contributed by atoms with E-state index in [2.05, 4.69) is 16.8 Å². The van der Waals surface area contributed by atoms with Crippen molar-refractivity contribution < 1.29 is 13.9 Å². The Kier molecular flexibility index (Phi) is 6.68. The van der Waals surface area contributed by atoms with Gasteiger partial charge in [-0.15, -0.1) is 0 Å². The van der Waals surface area contributed by atoms with Crippen molar-refractivity contribution in [2.24, 2.45) is 0 Å². The highest BCUT2D eigenvalue weighted by Gasteiger charge is 2.31. The Morgan fingerprint density at radius 3 is 2.83 bits per heavy atom. The summed E-state index contributed by atoms with van der Waals surface area (Å²) in [7, 11) is 0. The highest BCUT2D eigenvalue weighted by molar-refractivity contribution is 5.93. The van der Waals surface area contributed by atoms with Crippen molar-refractivity contribution in [3.63, 3.8) is 0 Å². The second-order valence-electron chi connectivity index (χ2n) is 8.91. The molecule has 0 bridgehead atoms. The van der Waals surface area contributed by atoms with Crippen LogP contribution in [0.4, 0.5) is 4.39 Å². The van der Waals surface area contributed by atoms with Gasteiger partial charge in [0, 0.05) is 24.5 Å². The van der Waals surface area contributed by atoms with Gasteiger partial charge in [-0.25, -0.2) is 9.37 Å². The maximum Gasteiger partial charge on any atom is 0.299 e. The van der Waals surface area contributed by atoms with Crippen molar-refractivity contribution in [2.75, 3.05) is 6.54 Å². The van der Waals surface area contributed by atoms with Crippen LogP contribution in [0.15, 0.2) is 61.1 Å². The van der Waals surface area contributed by atoms with E-state index in [9.17, 15) is 9.18 Å². The van der Waals surface area contributed by atoms with Crippen molar-refractivity contribution in [2.45, 2.75) is 45.8 Å². The van der Waals surface area contributed by atoms with Crippen LogP contribution >= 0.6 is 0 Å². The number of benzene rings is 2. The fourth-order valence-electron chi connectivity index (χ4n) is 4.68. The Bertz CT molecular complexity index is 1470. The molecule has 1 atom stereocenters. The summed E-state index contributed by atoms with van der Waals surface area (Å²) in [6.45, 7) is 4.32. The first-order valence-corrected chi connectivity index (χ1v) is 12.1. The van der Waals surface area contributed by atoms with Crippen LogP contribution in [0.25, 0.3) is 16.8 Å². The predicted molar refractivity (Wildman–Crippen MR) is 136 cm³/mol. The molecule has 6 nitrogen and oxygen atoms in total. The average molecular weight is 483 g/mol. The fraction of sp³-hybridized carbons (Fsp3) is 0.276. The molecule has 182 valence electrons. The number of piperidine rings is 1. The molecular weight excluding hydrogens is 455 g/mol. The maximum absolute atomic E-state index is 14.2. The molecule has 0 spiro atoms. The molecule has 0 radical (unpaired) electrons. The third-order valence-corrected chi connectivity index (χ3v) is 6.55. The van der Waals surface area contributed by atoms with Gasteiger partial charge in [-0.05, 0) is 56.2 Å². The van der Waals surface area contributed by atoms with Gasteiger partial charge < -0.3 is 9.64 Å². The van der Waals surface area contributed by atoms with E-state index in [4.69, 9.17) is 9.72 Å². The molecule has 1 fully saturated rings. The molecule has 36 heavy (non-hydrogen) atoms. The number of halogens is 1. The second kappa shape index (κ2) is 10.2. The minimum atomic E-state index is -0.334. The predicted octanol–water partition coefficient (Wildman–Crippen LogP) is 5.50. The summed E-state index contributed by atoms with van der Waals surface area (Å²) < 4.78 is 22.0. The first-order chi connectivity index (χ1) is 17.6. The third kappa shape index (κ3) is 4.55. The molecule has 2 aromatic heterocycles. The summed E-state index contributed by atoms with van der Waals surface area (Å²) >= 11 is 0. The van der Waals surface area contributed by atoms with Crippen LogP contribution in [0, 0.1) is 24.6 Å². The van der Waals surface area contributed by atoms with E-state index in [1.165, 1.54) is 0 Å². The van der Waals surface area contributed by atoms with Gasteiger partial charge in [0.05, 0.1) is 23.4 Å². The number of hydrogen-bond donors (Lipinski definition) is 0. The van der Waals surface area contributed by atoms with E-state index in [1.807, 2.05) is 39.8 Å². The fourth-order valence-corrected chi connectivity index (χ4v) is 4.68. The van der Waals surface area contributed by atoms with Crippen LogP contribution in [-0.4, -0.2) is 31.7 Å². The number of imidazole rings is 1. The molecule has 5 rings (SSSR count). The topological polar surface area (TPSA) is 59.7 Å². The zero-order valence-electron chi connectivity index (χ0n) is 20.4. The lowest BCUT2D eigenvalue weighted by atomic mass is 10.0. The van der Waals surface area contributed by atoms with Gasteiger partial charge in [-0.1, -0.05) is 42.3 Å². The smallest absolute Gasteiger partial charge is 0.299 e. The lowest BCUT2D eigenvalue weighted by Crippen LogP contribution is -2.38. The summed E-state index contributed by atoms with van der Waals surface area (Å²) in [6, 6.07) is 12.9. The van der Waals surface area contributed by atoms with Gasteiger partial charge in [-0.3, -0.25) is 14.2 Å². The lowest BCUT2D eigenvalue weighted by molar-refractivity contribution is -0.129. The van der Waals surface area contributed by atoms with Gasteiger partial charge in [0.1, 0.15) is 12.4 Å². The minimum Gasteiger partial charge on any atom is -0.486 e. The quantitative estimate of drug-likeness (QED) is 0.353. The van der Waals surface area contributed by atoms with E-state index >= 15 is 0 Å². The zero-order valence-corrected chi connectivity index (χ0v) is 20.4. The van der Waals surface area contributed by atoms with Crippen LogP contribution < -0.4 is 4.74 Å². The van der Waals surface area contributed by atoms with E-state index < -0.39 is 0 Å². The third-order valence-electron chi connectivity index (χ3n) is 6.55. The number of ether oxygens (including phenoxy) is 1. The SMILES string of the molecule is CC#CC(=O)N1CCCC[C@H]1c1nc(-c2ccc(COc3cccc(C)c3F)cc2)c2cnccn12. The Morgan fingerprint density at radius 1 is 1.19 bits per heavy atom. The van der Waals surface area contributed by atoms with Crippen LogP contribution in [0.3, 0.4) is 0 Å². The largest absolute Gasteiger partial charge is 0.486 e. The highest BCUT2D eigenvalue weighted by Crippen LogP contribution is 2.34. The number of amides is 1. The van der Waals surface area contributed by atoms with E-state index in [1.54, 1.807) is 44.4 Å². The standard InChI is InChI=1S/C29H27FN4O2/c1-3-7-26(35)33-16-5-4-9-23(33)29-32-28(24-18-31-15-17-34(24)29)22-13-11-21(12-14-22)19-36-25-10-6-8-20(2)27(25)30/h6,8,10-15,17-18,23H,4-5,9,16,19H2,1-2H3/t23-/m0/s1. The minimum absolute atomic E-state index is 0.146. The van der Waals surface area contributed by atoms with Gasteiger partial charge in [-0.2, -0.15) is 0 Å². The zero-order chi connectivity index (χ0) is 25.1.